The van der Waals surface area contributed by atoms with Crippen molar-refractivity contribution in [1.82, 2.24) is 9.88 Å². The third-order valence-electron chi connectivity index (χ3n) is 4.17. The summed E-state index contributed by atoms with van der Waals surface area (Å²) in [6.45, 7) is 6.66. The molecule has 1 aliphatic rings. The lowest BCUT2D eigenvalue weighted by Gasteiger charge is -2.40. The summed E-state index contributed by atoms with van der Waals surface area (Å²) in [5.41, 5.74) is 7.33. The van der Waals surface area contributed by atoms with Gasteiger partial charge in [0.25, 0.3) is 0 Å². The summed E-state index contributed by atoms with van der Waals surface area (Å²) < 4.78 is 5.84. The zero-order chi connectivity index (χ0) is 14.8. The average Bonchev–Trinajstić information content (AvgIpc) is 2.47. The second-order valence-electron chi connectivity index (χ2n) is 5.91. The topological polar surface area (TPSA) is 51.4 Å². The Morgan fingerprint density at radius 2 is 1.95 bits per heavy atom. The van der Waals surface area contributed by atoms with Gasteiger partial charge in [0.2, 0.25) is 0 Å². The maximum absolute atomic E-state index is 6.11. The van der Waals surface area contributed by atoms with E-state index in [4.69, 9.17) is 10.5 Å². The van der Waals surface area contributed by atoms with E-state index in [1.807, 2.05) is 18.5 Å². The number of aromatic nitrogens is 1. The lowest BCUT2D eigenvalue weighted by molar-refractivity contribution is -0.0798. The highest BCUT2D eigenvalue weighted by molar-refractivity contribution is 5.85. The molecule has 112 valence electrons. The van der Waals surface area contributed by atoms with Crippen molar-refractivity contribution in [2.45, 2.75) is 32.1 Å². The first-order valence-corrected chi connectivity index (χ1v) is 7.61. The Morgan fingerprint density at radius 3 is 2.67 bits per heavy atom. The molecule has 1 aliphatic heterocycles. The van der Waals surface area contributed by atoms with Crippen LogP contribution < -0.4 is 5.73 Å². The van der Waals surface area contributed by atoms with E-state index in [1.165, 1.54) is 16.3 Å². The van der Waals surface area contributed by atoms with Crippen LogP contribution in [0.3, 0.4) is 0 Å². The first kappa shape index (κ1) is 14.4. The smallest absolute Gasteiger partial charge is 0.0678 e. The van der Waals surface area contributed by atoms with Gasteiger partial charge in [-0.25, -0.2) is 0 Å². The minimum atomic E-state index is 0.192. The van der Waals surface area contributed by atoms with Crippen LogP contribution in [0.4, 0.5) is 0 Å². The van der Waals surface area contributed by atoms with Crippen molar-refractivity contribution in [3.8, 4) is 0 Å². The van der Waals surface area contributed by atoms with Gasteiger partial charge in [0, 0.05) is 43.5 Å². The van der Waals surface area contributed by atoms with Gasteiger partial charge in [0.05, 0.1) is 12.2 Å². The second kappa shape index (κ2) is 6.10. The molecule has 2 heterocycles. The molecule has 1 saturated heterocycles. The van der Waals surface area contributed by atoms with Gasteiger partial charge < -0.3 is 10.5 Å². The zero-order valence-corrected chi connectivity index (χ0v) is 12.7. The number of pyridine rings is 1. The summed E-state index contributed by atoms with van der Waals surface area (Å²) in [5.74, 6) is 0. The van der Waals surface area contributed by atoms with Crippen molar-refractivity contribution in [3.05, 3.63) is 42.2 Å². The van der Waals surface area contributed by atoms with E-state index in [0.29, 0.717) is 6.54 Å². The predicted octanol–water partition coefficient (Wildman–Crippen LogP) is 2.34. The van der Waals surface area contributed by atoms with Crippen molar-refractivity contribution >= 4 is 10.8 Å². The number of rotatable bonds is 3. The monoisotopic (exact) mass is 285 g/mol. The van der Waals surface area contributed by atoms with E-state index in [1.54, 1.807) is 0 Å². The summed E-state index contributed by atoms with van der Waals surface area (Å²) in [6.07, 6.45) is 4.36. The van der Waals surface area contributed by atoms with E-state index in [2.05, 4.69) is 41.9 Å². The highest BCUT2D eigenvalue weighted by Crippen LogP contribution is 2.29. The molecule has 3 rings (SSSR count). The number of fused-ring (bicyclic) bond motifs is 1. The molecule has 0 radical (unpaired) electrons. The number of benzene rings is 1. The van der Waals surface area contributed by atoms with Crippen molar-refractivity contribution in [1.29, 1.82) is 0 Å². The Balaban J connectivity index is 1.98. The van der Waals surface area contributed by atoms with Crippen LogP contribution in [-0.2, 0) is 4.74 Å². The van der Waals surface area contributed by atoms with Gasteiger partial charge in [0.15, 0.2) is 0 Å². The fourth-order valence-corrected chi connectivity index (χ4v) is 3.35. The normalized spacial score (nSPS) is 25.1. The molecule has 3 atom stereocenters. The molecular formula is C17H23N3O. The number of ether oxygens (including phenoxy) is 1. The van der Waals surface area contributed by atoms with Crippen molar-refractivity contribution < 1.29 is 4.74 Å². The molecule has 0 spiro atoms. The summed E-state index contributed by atoms with van der Waals surface area (Å²) in [7, 11) is 0. The molecule has 2 aromatic rings. The van der Waals surface area contributed by atoms with Crippen LogP contribution in [0.1, 0.15) is 25.5 Å². The van der Waals surface area contributed by atoms with Gasteiger partial charge in [0.1, 0.15) is 0 Å². The van der Waals surface area contributed by atoms with E-state index < -0.39 is 0 Å². The lowest BCUT2D eigenvalue weighted by atomic mass is 9.99. The molecule has 2 N–H and O–H groups in total. The van der Waals surface area contributed by atoms with Crippen LogP contribution in [0.25, 0.3) is 10.8 Å². The number of morpholine rings is 1. The fraction of sp³-hybridized carbons (Fsp3) is 0.471. The van der Waals surface area contributed by atoms with Gasteiger partial charge >= 0.3 is 0 Å². The van der Waals surface area contributed by atoms with E-state index in [-0.39, 0.29) is 18.2 Å². The number of nitrogens with two attached hydrogens (primary N) is 1. The van der Waals surface area contributed by atoms with E-state index in [0.717, 1.165) is 13.1 Å². The molecule has 4 heteroatoms. The third kappa shape index (κ3) is 2.93. The van der Waals surface area contributed by atoms with Crippen LogP contribution in [0.5, 0.6) is 0 Å². The predicted molar refractivity (Wildman–Crippen MR) is 85.1 cm³/mol. The number of nitrogens with zero attached hydrogens (tertiary/aromatic N) is 2. The lowest BCUT2D eigenvalue weighted by Crippen LogP contribution is -2.48. The Morgan fingerprint density at radius 1 is 1.24 bits per heavy atom. The van der Waals surface area contributed by atoms with Crippen molar-refractivity contribution in [3.63, 3.8) is 0 Å². The van der Waals surface area contributed by atoms with Crippen molar-refractivity contribution in [2.24, 2.45) is 5.73 Å². The highest BCUT2D eigenvalue weighted by Gasteiger charge is 2.29. The Bertz CT molecular complexity index is 601. The molecule has 21 heavy (non-hydrogen) atoms. The molecule has 0 amide bonds. The quantitative estimate of drug-likeness (QED) is 0.940. The van der Waals surface area contributed by atoms with E-state index in [9.17, 15) is 0 Å². The molecule has 1 aromatic carbocycles. The van der Waals surface area contributed by atoms with Crippen LogP contribution in [0.2, 0.25) is 0 Å². The van der Waals surface area contributed by atoms with Gasteiger partial charge in [-0.2, -0.15) is 0 Å². The Labute approximate surface area is 125 Å². The molecule has 1 fully saturated rings. The summed E-state index contributed by atoms with van der Waals surface area (Å²) in [5, 5.41) is 2.41. The number of hydrogen-bond donors (Lipinski definition) is 1. The summed E-state index contributed by atoms with van der Waals surface area (Å²) in [4.78, 5) is 6.83. The minimum absolute atomic E-state index is 0.192. The van der Waals surface area contributed by atoms with Crippen molar-refractivity contribution in [2.75, 3.05) is 19.6 Å². The summed E-state index contributed by atoms with van der Waals surface area (Å²) >= 11 is 0. The van der Waals surface area contributed by atoms with Gasteiger partial charge in [-0.05, 0) is 24.8 Å². The Hall–Kier alpha value is -1.49. The molecule has 1 aromatic heterocycles. The molecule has 4 nitrogen and oxygen atoms in total. The van der Waals surface area contributed by atoms with Crippen LogP contribution >= 0.6 is 0 Å². The maximum Gasteiger partial charge on any atom is 0.0678 e. The molecule has 0 bridgehead atoms. The third-order valence-corrected chi connectivity index (χ3v) is 4.17. The van der Waals surface area contributed by atoms with E-state index >= 15 is 0 Å². The standard InChI is InChI=1S/C17H23N3O/c1-12-10-20(11-13(2)21-12)17(7-18)16-9-19-8-14-5-3-4-6-15(14)16/h3-6,8-9,12-13,17H,7,10-11,18H2,1-2H3. The second-order valence-corrected chi connectivity index (χ2v) is 5.91. The summed E-state index contributed by atoms with van der Waals surface area (Å²) in [6, 6.07) is 8.57. The van der Waals surface area contributed by atoms with Gasteiger partial charge in [-0.15, -0.1) is 0 Å². The van der Waals surface area contributed by atoms with Crippen LogP contribution in [-0.4, -0.2) is 41.7 Å². The van der Waals surface area contributed by atoms with Gasteiger partial charge in [-0.3, -0.25) is 9.88 Å². The zero-order valence-electron chi connectivity index (χ0n) is 12.7. The van der Waals surface area contributed by atoms with Gasteiger partial charge in [-0.1, -0.05) is 24.3 Å². The first-order valence-electron chi connectivity index (χ1n) is 7.61. The first-order chi connectivity index (χ1) is 10.2. The minimum Gasteiger partial charge on any atom is -0.373 e. The largest absolute Gasteiger partial charge is 0.373 e. The molecular weight excluding hydrogens is 262 g/mol. The SMILES string of the molecule is CC1CN(C(CN)c2cncc3ccccc23)CC(C)O1. The molecule has 0 aliphatic carbocycles. The van der Waals surface area contributed by atoms with Crippen LogP contribution in [0, 0.1) is 0 Å². The molecule has 0 saturated carbocycles. The maximum atomic E-state index is 6.11. The number of hydrogen-bond acceptors (Lipinski definition) is 4. The highest BCUT2D eigenvalue weighted by atomic mass is 16.5. The average molecular weight is 285 g/mol. The molecule has 3 unspecified atom stereocenters. The fourth-order valence-electron chi connectivity index (χ4n) is 3.35. The Kier molecular flexibility index (Phi) is 4.19. The van der Waals surface area contributed by atoms with Crippen LogP contribution in [0.15, 0.2) is 36.7 Å².